The Morgan fingerprint density at radius 3 is 2.39 bits per heavy atom. The third kappa shape index (κ3) is 4.88. The molecule has 1 aliphatic heterocycles. The maximum atomic E-state index is 13.0. The molecule has 1 fully saturated rings. The van der Waals surface area contributed by atoms with Crippen molar-refractivity contribution in [1.82, 2.24) is 10.2 Å². The van der Waals surface area contributed by atoms with Crippen molar-refractivity contribution in [3.05, 3.63) is 83.2 Å². The number of hydrogen-bond acceptors (Lipinski definition) is 3. The van der Waals surface area contributed by atoms with E-state index in [1.165, 1.54) is 16.0 Å². The first-order chi connectivity index (χ1) is 15.1. The highest BCUT2D eigenvalue weighted by Crippen LogP contribution is 2.37. The van der Waals surface area contributed by atoms with E-state index in [4.69, 9.17) is 0 Å². The molecule has 1 aromatic heterocycles. The van der Waals surface area contributed by atoms with Gasteiger partial charge in [-0.05, 0) is 47.4 Å². The number of piperidine rings is 1. The Hall–Kier alpha value is -2.92. The predicted molar refractivity (Wildman–Crippen MR) is 126 cm³/mol. The van der Waals surface area contributed by atoms with E-state index in [1.54, 1.807) is 18.4 Å². The summed E-state index contributed by atoms with van der Waals surface area (Å²) in [6, 6.07) is 22.5. The molecule has 3 aromatic rings. The number of benzene rings is 2. The van der Waals surface area contributed by atoms with E-state index in [-0.39, 0.29) is 11.8 Å². The average molecular weight is 433 g/mol. The van der Waals surface area contributed by atoms with Crippen molar-refractivity contribution in [3.63, 3.8) is 0 Å². The molecule has 1 saturated heterocycles. The molecule has 0 saturated carbocycles. The van der Waals surface area contributed by atoms with Crippen LogP contribution < -0.4 is 5.32 Å². The summed E-state index contributed by atoms with van der Waals surface area (Å²) < 4.78 is 0. The highest BCUT2D eigenvalue weighted by Gasteiger charge is 2.41. The summed E-state index contributed by atoms with van der Waals surface area (Å²) in [7, 11) is 1.71. The molecule has 31 heavy (non-hydrogen) atoms. The third-order valence-corrected chi connectivity index (χ3v) is 7.17. The van der Waals surface area contributed by atoms with Gasteiger partial charge in [-0.1, -0.05) is 60.7 Å². The average Bonchev–Trinajstić information content (AvgIpc) is 3.35. The summed E-state index contributed by atoms with van der Waals surface area (Å²) in [5.74, 6) is 0.209. The maximum absolute atomic E-state index is 13.0. The molecule has 0 bridgehead atoms. The van der Waals surface area contributed by atoms with E-state index >= 15 is 0 Å². The maximum Gasteiger partial charge on any atom is 0.226 e. The molecule has 4 nitrogen and oxygen atoms in total. The van der Waals surface area contributed by atoms with Crippen molar-refractivity contribution in [3.8, 4) is 10.4 Å². The number of nitrogens with one attached hydrogen (secondary N) is 1. The fraction of sp³-hybridized carbons (Fsp3) is 0.308. The molecule has 2 aromatic carbocycles. The van der Waals surface area contributed by atoms with Crippen LogP contribution in [-0.2, 0) is 22.4 Å². The summed E-state index contributed by atoms with van der Waals surface area (Å²) in [5.41, 5.74) is 2.90. The van der Waals surface area contributed by atoms with Crippen LogP contribution in [0.4, 0.5) is 0 Å². The van der Waals surface area contributed by atoms with Gasteiger partial charge in [0.1, 0.15) is 0 Å². The fourth-order valence-electron chi connectivity index (χ4n) is 4.48. The number of carbonyl (C=O) groups is 2. The van der Waals surface area contributed by atoms with Crippen LogP contribution in [0.1, 0.15) is 24.0 Å². The van der Waals surface area contributed by atoms with Gasteiger partial charge in [-0.25, -0.2) is 0 Å². The molecule has 0 aliphatic carbocycles. The Morgan fingerprint density at radius 1 is 0.968 bits per heavy atom. The largest absolute Gasteiger partial charge is 0.359 e. The number of nitrogens with zero attached hydrogens (tertiary/aromatic N) is 1. The van der Waals surface area contributed by atoms with Crippen molar-refractivity contribution >= 4 is 23.2 Å². The lowest BCUT2D eigenvalue weighted by Crippen LogP contribution is -2.50. The third-order valence-electron chi connectivity index (χ3n) is 6.26. The second-order valence-electron chi connectivity index (χ2n) is 8.26. The lowest BCUT2D eigenvalue weighted by Gasteiger charge is -2.40. The number of hydrogen-bond donors (Lipinski definition) is 1. The molecule has 2 heterocycles. The molecule has 1 N–H and O–H groups in total. The predicted octanol–water partition coefficient (Wildman–Crippen LogP) is 4.56. The molecule has 1 aliphatic rings. The Morgan fingerprint density at radius 2 is 1.71 bits per heavy atom. The molecule has 0 atom stereocenters. The first-order valence-electron chi connectivity index (χ1n) is 10.8. The zero-order valence-corrected chi connectivity index (χ0v) is 18.7. The minimum Gasteiger partial charge on any atom is -0.359 e. The van der Waals surface area contributed by atoms with Gasteiger partial charge >= 0.3 is 0 Å². The molecule has 160 valence electrons. The zero-order valence-electron chi connectivity index (χ0n) is 17.8. The highest BCUT2D eigenvalue weighted by molar-refractivity contribution is 7.13. The fourth-order valence-corrected chi connectivity index (χ4v) is 5.21. The smallest absolute Gasteiger partial charge is 0.226 e. The van der Waals surface area contributed by atoms with E-state index in [0.29, 0.717) is 38.8 Å². The standard InChI is InChI=1S/C26H28N2O2S/c1-27-25(30)26(19-21-9-5-10-22(17-21)23-11-6-16-31-23)12-14-28(15-13-26)24(29)18-20-7-3-2-4-8-20/h2-11,16-17H,12-15,18-19H2,1H3,(H,27,30). The Balaban J connectivity index is 1.47. The second-order valence-corrected chi connectivity index (χ2v) is 9.20. The summed E-state index contributed by atoms with van der Waals surface area (Å²) in [5, 5.41) is 4.96. The van der Waals surface area contributed by atoms with Crippen LogP contribution >= 0.6 is 11.3 Å². The first-order valence-corrected chi connectivity index (χ1v) is 11.6. The molecule has 0 unspecified atom stereocenters. The number of amides is 2. The molecule has 5 heteroatoms. The normalized spacial score (nSPS) is 15.5. The topological polar surface area (TPSA) is 49.4 Å². The first kappa shape index (κ1) is 21.3. The van der Waals surface area contributed by atoms with E-state index in [1.807, 2.05) is 35.2 Å². The number of rotatable bonds is 6. The van der Waals surface area contributed by atoms with E-state index < -0.39 is 5.41 Å². The van der Waals surface area contributed by atoms with Crippen LogP contribution in [0, 0.1) is 5.41 Å². The summed E-state index contributed by atoms with van der Waals surface area (Å²) >= 11 is 1.72. The van der Waals surface area contributed by atoms with Crippen LogP contribution in [0.3, 0.4) is 0 Å². The number of carbonyl (C=O) groups excluding carboxylic acids is 2. The van der Waals surface area contributed by atoms with Crippen molar-refractivity contribution in [2.24, 2.45) is 5.41 Å². The van der Waals surface area contributed by atoms with Gasteiger partial charge in [-0.3, -0.25) is 9.59 Å². The Kier molecular flexibility index (Phi) is 6.52. The van der Waals surface area contributed by atoms with Gasteiger partial charge in [0.25, 0.3) is 0 Å². The monoisotopic (exact) mass is 432 g/mol. The van der Waals surface area contributed by atoms with Gasteiger partial charge in [0.2, 0.25) is 11.8 Å². The second kappa shape index (κ2) is 9.48. The van der Waals surface area contributed by atoms with Crippen LogP contribution in [-0.4, -0.2) is 36.9 Å². The van der Waals surface area contributed by atoms with Crippen LogP contribution in [0.2, 0.25) is 0 Å². The lowest BCUT2D eigenvalue weighted by atomic mass is 9.72. The van der Waals surface area contributed by atoms with Crippen molar-refractivity contribution in [2.45, 2.75) is 25.7 Å². The molecule has 2 amide bonds. The minimum absolute atomic E-state index is 0.0733. The van der Waals surface area contributed by atoms with Gasteiger partial charge in [0.05, 0.1) is 11.8 Å². The molecule has 0 spiro atoms. The highest BCUT2D eigenvalue weighted by atomic mass is 32.1. The minimum atomic E-state index is -0.480. The van der Waals surface area contributed by atoms with E-state index in [2.05, 4.69) is 47.1 Å². The van der Waals surface area contributed by atoms with Gasteiger partial charge in [0.15, 0.2) is 0 Å². The summed E-state index contributed by atoms with van der Waals surface area (Å²) in [6.45, 7) is 1.23. The van der Waals surface area contributed by atoms with Gasteiger partial charge in [0, 0.05) is 25.0 Å². The lowest BCUT2D eigenvalue weighted by molar-refractivity contribution is -0.140. The molecular formula is C26H28N2O2S. The molecular weight excluding hydrogens is 404 g/mol. The molecule has 4 rings (SSSR count). The van der Waals surface area contributed by atoms with Crippen molar-refractivity contribution < 1.29 is 9.59 Å². The summed E-state index contributed by atoms with van der Waals surface area (Å²) in [6.07, 6.45) is 2.45. The van der Waals surface area contributed by atoms with Gasteiger partial charge in [-0.2, -0.15) is 0 Å². The number of thiophene rings is 1. The summed E-state index contributed by atoms with van der Waals surface area (Å²) in [4.78, 5) is 28.9. The van der Waals surface area contributed by atoms with Gasteiger partial charge in [-0.15, -0.1) is 11.3 Å². The number of likely N-dealkylation sites (tertiary alicyclic amines) is 1. The van der Waals surface area contributed by atoms with E-state index in [9.17, 15) is 9.59 Å². The van der Waals surface area contributed by atoms with Crippen LogP contribution in [0.25, 0.3) is 10.4 Å². The van der Waals surface area contributed by atoms with Crippen LogP contribution in [0.5, 0.6) is 0 Å². The van der Waals surface area contributed by atoms with Crippen molar-refractivity contribution in [2.75, 3.05) is 20.1 Å². The van der Waals surface area contributed by atoms with Crippen molar-refractivity contribution in [1.29, 1.82) is 0 Å². The van der Waals surface area contributed by atoms with Crippen LogP contribution in [0.15, 0.2) is 72.1 Å². The van der Waals surface area contributed by atoms with E-state index in [0.717, 1.165) is 5.56 Å². The van der Waals surface area contributed by atoms with Gasteiger partial charge < -0.3 is 10.2 Å². The Bertz CT molecular complexity index is 1020. The SMILES string of the molecule is CNC(=O)C1(Cc2cccc(-c3cccs3)c2)CCN(C(=O)Cc2ccccc2)CC1. The quantitative estimate of drug-likeness (QED) is 0.621. The molecule has 0 radical (unpaired) electrons. The Labute approximate surface area is 187 Å². The zero-order chi connectivity index (χ0) is 21.7.